The number of hydrogen-bond donors (Lipinski definition) is 0. The van der Waals surface area contributed by atoms with Crippen LogP contribution in [0.15, 0.2) is 41.4 Å². The summed E-state index contributed by atoms with van der Waals surface area (Å²) in [5.74, 6) is 2.99. The van der Waals surface area contributed by atoms with Gasteiger partial charge >= 0.3 is 0 Å². The van der Waals surface area contributed by atoms with Crippen LogP contribution in [0, 0.1) is 0 Å². The minimum Gasteiger partial charge on any atom is -0.497 e. The fourth-order valence-electron chi connectivity index (χ4n) is 2.69. The number of nitrogens with zero attached hydrogens (tertiary/aromatic N) is 1. The lowest BCUT2D eigenvalue weighted by atomic mass is 10.1. The monoisotopic (exact) mass is 343 g/mol. The van der Waals surface area contributed by atoms with Gasteiger partial charge in [0.25, 0.3) is 0 Å². The molecule has 5 heteroatoms. The van der Waals surface area contributed by atoms with Gasteiger partial charge in [-0.3, -0.25) is 4.99 Å². The van der Waals surface area contributed by atoms with Crippen LogP contribution in [0.2, 0.25) is 0 Å². The number of hydrogen-bond acceptors (Lipinski definition) is 5. The van der Waals surface area contributed by atoms with E-state index < -0.39 is 0 Å². The van der Waals surface area contributed by atoms with Gasteiger partial charge in [0.1, 0.15) is 23.0 Å². The van der Waals surface area contributed by atoms with E-state index in [9.17, 15) is 0 Å². The van der Waals surface area contributed by atoms with Gasteiger partial charge < -0.3 is 18.9 Å². The smallest absolute Gasteiger partial charge is 0.131 e. The predicted octanol–water partition coefficient (Wildman–Crippen LogP) is 4.29. The first-order valence-electron chi connectivity index (χ1n) is 8.02. The average molecular weight is 343 g/mol. The van der Waals surface area contributed by atoms with E-state index in [0.717, 1.165) is 39.8 Å². The summed E-state index contributed by atoms with van der Waals surface area (Å²) >= 11 is 0. The van der Waals surface area contributed by atoms with Gasteiger partial charge in [0, 0.05) is 29.0 Å². The minimum atomic E-state index is -0.0762. The molecule has 0 heterocycles. The van der Waals surface area contributed by atoms with Crippen molar-refractivity contribution >= 4 is 5.71 Å². The summed E-state index contributed by atoms with van der Waals surface area (Å²) in [6.45, 7) is 4.00. The molecule has 134 valence electrons. The molecule has 0 aliphatic heterocycles. The van der Waals surface area contributed by atoms with E-state index in [4.69, 9.17) is 23.9 Å². The fourth-order valence-corrected chi connectivity index (χ4v) is 2.69. The van der Waals surface area contributed by atoms with E-state index in [2.05, 4.69) is 0 Å². The Kier molecular flexibility index (Phi) is 6.28. The van der Waals surface area contributed by atoms with Crippen molar-refractivity contribution in [3.63, 3.8) is 0 Å². The van der Waals surface area contributed by atoms with Crippen LogP contribution >= 0.6 is 0 Å². The van der Waals surface area contributed by atoms with Crippen molar-refractivity contribution in [1.82, 2.24) is 0 Å². The molecule has 0 aromatic heterocycles. The lowest BCUT2D eigenvalue weighted by Gasteiger charge is -2.16. The van der Waals surface area contributed by atoms with Crippen molar-refractivity contribution in [2.75, 3.05) is 28.4 Å². The Hall–Kier alpha value is -2.69. The summed E-state index contributed by atoms with van der Waals surface area (Å²) in [6, 6.07) is 11.4. The minimum absolute atomic E-state index is 0.0762. The Balaban J connectivity index is 2.36. The highest BCUT2D eigenvalue weighted by molar-refractivity contribution is 6.01. The molecule has 1 unspecified atom stereocenters. The topological polar surface area (TPSA) is 49.3 Å². The van der Waals surface area contributed by atoms with Gasteiger partial charge in [0.05, 0.1) is 34.5 Å². The molecule has 0 aliphatic carbocycles. The van der Waals surface area contributed by atoms with Gasteiger partial charge in [-0.2, -0.15) is 0 Å². The third-order valence-corrected chi connectivity index (χ3v) is 4.08. The highest BCUT2D eigenvalue weighted by Gasteiger charge is 2.14. The molecular formula is C20H25NO4. The van der Waals surface area contributed by atoms with Crippen LogP contribution in [-0.4, -0.2) is 34.2 Å². The first-order valence-corrected chi connectivity index (χ1v) is 8.02. The van der Waals surface area contributed by atoms with E-state index in [1.807, 2.05) is 50.2 Å². The first-order chi connectivity index (χ1) is 12.0. The molecule has 2 aromatic carbocycles. The Morgan fingerprint density at radius 3 is 1.92 bits per heavy atom. The van der Waals surface area contributed by atoms with Crippen LogP contribution in [-0.2, 0) is 0 Å². The van der Waals surface area contributed by atoms with Crippen LogP contribution in [0.1, 0.15) is 31.0 Å². The van der Waals surface area contributed by atoms with Gasteiger partial charge in [0.2, 0.25) is 0 Å². The van der Waals surface area contributed by atoms with Gasteiger partial charge in [-0.25, -0.2) is 0 Å². The molecule has 0 N–H and O–H groups in total. The number of rotatable bonds is 7. The number of aliphatic imine (C=N–C) groups is 1. The molecule has 5 nitrogen and oxygen atoms in total. The van der Waals surface area contributed by atoms with E-state index in [-0.39, 0.29) is 6.04 Å². The zero-order valence-electron chi connectivity index (χ0n) is 15.6. The molecule has 0 bridgehead atoms. The standard InChI is InChI=1S/C20H25NO4/c1-13(17-9-7-15(22-3)11-19(17)24-5)21-14(2)18-10-8-16(23-4)12-20(18)25-6/h7-13H,1-6H3. The highest BCUT2D eigenvalue weighted by atomic mass is 16.5. The van der Waals surface area contributed by atoms with Crippen molar-refractivity contribution in [3.8, 4) is 23.0 Å². The van der Waals surface area contributed by atoms with Crippen molar-refractivity contribution in [2.24, 2.45) is 4.99 Å². The SMILES string of the molecule is COc1ccc(C(C)=NC(C)c2ccc(OC)cc2OC)c(OC)c1. The number of methoxy groups -OCH3 is 4. The summed E-state index contributed by atoms with van der Waals surface area (Å²) < 4.78 is 21.4. The van der Waals surface area contributed by atoms with E-state index in [1.165, 1.54) is 0 Å². The molecule has 0 saturated heterocycles. The molecule has 0 amide bonds. The molecule has 0 radical (unpaired) electrons. The van der Waals surface area contributed by atoms with Crippen LogP contribution in [0.25, 0.3) is 0 Å². The summed E-state index contributed by atoms with van der Waals surface area (Å²) in [4.78, 5) is 4.82. The molecule has 0 spiro atoms. The number of benzene rings is 2. The quantitative estimate of drug-likeness (QED) is 0.704. The van der Waals surface area contributed by atoms with Gasteiger partial charge in [-0.1, -0.05) is 0 Å². The van der Waals surface area contributed by atoms with Crippen LogP contribution < -0.4 is 18.9 Å². The molecule has 0 fully saturated rings. The van der Waals surface area contributed by atoms with Crippen molar-refractivity contribution in [1.29, 1.82) is 0 Å². The second-order valence-electron chi connectivity index (χ2n) is 5.56. The van der Waals surface area contributed by atoms with Crippen LogP contribution in [0.3, 0.4) is 0 Å². The third kappa shape index (κ3) is 4.24. The Morgan fingerprint density at radius 1 is 0.800 bits per heavy atom. The van der Waals surface area contributed by atoms with Crippen LogP contribution in [0.5, 0.6) is 23.0 Å². The molecule has 2 rings (SSSR count). The lowest BCUT2D eigenvalue weighted by Crippen LogP contribution is -2.03. The van der Waals surface area contributed by atoms with Gasteiger partial charge in [-0.15, -0.1) is 0 Å². The predicted molar refractivity (Wildman–Crippen MR) is 99.7 cm³/mol. The molecule has 0 aliphatic rings. The maximum atomic E-state index is 5.48. The maximum absolute atomic E-state index is 5.48. The van der Waals surface area contributed by atoms with Crippen molar-refractivity contribution in [2.45, 2.75) is 19.9 Å². The highest BCUT2D eigenvalue weighted by Crippen LogP contribution is 2.32. The fraction of sp³-hybridized carbons (Fsp3) is 0.350. The normalized spacial score (nSPS) is 12.5. The Bertz CT molecular complexity index is 755. The summed E-state index contributed by atoms with van der Waals surface area (Å²) in [6.07, 6.45) is 0. The van der Waals surface area contributed by atoms with E-state index in [0.29, 0.717) is 0 Å². The summed E-state index contributed by atoms with van der Waals surface area (Å²) in [7, 11) is 6.55. The summed E-state index contributed by atoms with van der Waals surface area (Å²) in [5, 5.41) is 0. The Labute approximate surface area is 149 Å². The maximum Gasteiger partial charge on any atom is 0.131 e. The average Bonchev–Trinajstić information content (AvgIpc) is 2.66. The van der Waals surface area contributed by atoms with Crippen LogP contribution in [0.4, 0.5) is 0 Å². The zero-order valence-corrected chi connectivity index (χ0v) is 15.6. The van der Waals surface area contributed by atoms with Gasteiger partial charge in [-0.05, 0) is 38.1 Å². The third-order valence-electron chi connectivity index (χ3n) is 4.08. The molecule has 1 atom stereocenters. The van der Waals surface area contributed by atoms with Crippen molar-refractivity contribution < 1.29 is 18.9 Å². The molecule has 0 saturated carbocycles. The second-order valence-corrected chi connectivity index (χ2v) is 5.56. The van der Waals surface area contributed by atoms with E-state index in [1.54, 1.807) is 28.4 Å². The number of ether oxygens (including phenoxy) is 4. The van der Waals surface area contributed by atoms with E-state index >= 15 is 0 Å². The summed E-state index contributed by atoms with van der Waals surface area (Å²) in [5.41, 5.74) is 2.81. The Morgan fingerprint density at radius 2 is 1.36 bits per heavy atom. The van der Waals surface area contributed by atoms with Gasteiger partial charge in [0.15, 0.2) is 0 Å². The molecule has 2 aromatic rings. The zero-order chi connectivity index (χ0) is 18.4. The molecular weight excluding hydrogens is 318 g/mol. The lowest BCUT2D eigenvalue weighted by molar-refractivity contribution is 0.389. The molecule has 25 heavy (non-hydrogen) atoms. The second kappa shape index (κ2) is 8.42. The van der Waals surface area contributed by atoms with Crippen molar-refractivity contribution in [3.05, 3.63) is 47.5 Å². The first kappa shape index (κ1) is 18.6. The largest absolute Gasteiger partial charge is 0.497 e.